The number of rotatable bonds is 4. The van der Waals surface area contributed by atoms with Crippen molar-refractivity contribution in [3.8, 4) is 17.0 Å². The van der Waals surface area contributed by atoms with Gasteiger partial charge in [0.15, 0.2) is 5.13 Å². The summed E-state index contributed by atoms with van der Waals surface area (Å²) in [6.45, 7) is 2.09. The Kier molecular flexibility index (Phi) is 4.45. The molecule has 0 fully saturated rings. The van der Waals surface area contributed by atoms with Crippen molar-refractivity contribution in [3.05, 3.63) is 57.9 Å². The zero-order valence-electron chi connectivity index (χ0n) is 12.3. The SMILES string of the molecule is COc1cccc(Nc2nc(-c3ccc(Br)cc3)c(C)s2)c1. The molecule has 22 heavy (non-hydrogen) atoms. The molecule has 0 aliphatic carbocycles. The highest BCUT2D eigenvalue weighted by molar-refractivity contribution is 9.10. The average molecular weight is 375 g/mol. The van der Waals surface area contributed by atoms with Gasteiger partial charge in [0.25, 0.3) is 0 Å². The van der Waals surface area contributed by atoms with Crippen molar-refractivity contribution in [3.63, 3.8) is 0 Å². The summed E-state index contributed by atoms with van der Waals surface area (Å²) in [6.07, 6.45) is 0. The number of benzene rings is 2. The minimum Gasteiger partial charge on any atom is -0.497 e. The van der Waals surface area contributed by atoms with Crippen molar-refractivity contribution < 1.29 is 4.74 Å². The lowest BCUT2D eigenvalue weighted by molar-refractivity contribution is 0.415. The van der Waals surface area contributed by atoms with E-state index < -0.39 is 0 Å². The standard InChI is InChI=1S/C17H15BrN2OS/c1-11-16(12-6-8-13(18)9-7-12)20-17(22-11)19-14-4-3-5-15(10-14)21-2/h3-10H,1-2H3,(H,19,20). The number of ether oxygens (including phenoxy) is 1. The van der Waals surface area contributed by atoms with Gasteiger partial charge in [-0.2, -0.15) is 0 Å². The van der Waals surface area contributed by atoms with Gasteiger partial charge in [-0.1, -0.05) is 34.1 Å². The molecule has 0 radical (unpaired) electrons. The van der Waals surface area contributed by atoms with Crippen LogP contribution < -0.4 is 10.1 Å². The maximum absolute atomic E-state index is 5.24. The lowest BCUT2D eigenvalue weighted by Gasteiger charge is -2.04. The molecule has 1 aromatic heterocycles. The highest BCUT2D eigenvalue weighted by atomic mass is 79.9. The van der Waals surface area contributed by atoms with Crippen LogP contribution in [0.1, 0.15) is 4.88 Å². The lowest BCUT2D eigenvalue weighted by Crippen LogP contribution is -1.90. The van der Waals surface area contributed by atoms with Gasteiger partial charge in [0, 0.05) is 26.7 Å². The molecule has 1 heterocycles. The van der Waals surface area contributed by atoms with Crippen LogP contribution >= 0.6 is 27.3 Å². The summed E-state index contributed by atoms with van der Waals surface area (Å²) in [5.41, 5.74) is 3.11. The van der Waals surface area contributed by atoms with E-state index in [-0.39, 0.29) is 0 Å². The van der Waals surface area contributed by atoms with Crippen LogP contribution in [0.5, 0.6) is 5.75 Å². The summed E-state index contributed by atoms with van der Waals surface area (Å²) in [5.74, 6) is 0.825. The van der Waals surface area contributed by atoms with Crippen molar-refractivity contribution in [1.82, 2.24) is 4.98 Å². The van der Waals surface area contributed by atoms with Crippen molar-refractivity contribution >= 4 is 38.1 Å². The molecule has 0 aliphatic rings. The normalized spacial score (nSPS) is 10.5. The summed E-state index contributed by atoms with van der Waals surface area (Å²) in [6, 6.07) is 16.0. The summed E-state index contributed by atoms with van der Waals surface area (Å²) < 4.78 is 6.31. The van der Waals surface area contributed by atoms with E-state index in [1.54, 1.807) is 18.4 Å². The van der Waals surface area contributed by atoms with Gasteiger partial charge in [0.2, 0.25) is 0 Å². The highest BCUT2D eigenvalue weighted by Crippen LogP contribution is 2.33. The molecule has 3 rings (SSSR count). The second-order valence-corrected chi connectivity index (χ2v) is 6.91. The first-order valence-corrected chi connectivity index (χ1v) is 8.41. The van der Waals surface area contributed by atoms with Crippen molar-refractivity contribution in [2.75, 3.05) is 12.4 Å². The van der Waals surface area contributed by atoms with E-state index in [1.807, 2.05) is 36.4 Å². The van der Waals surface area contributed by atoms with Crippen LogP contribution in [-0.2, 0) is 0 Å². The Labute approximate surface area is 142 Å². The summed E-state index contributed by atoms with van der Waals surface area (Å²) in [7, 11) is 1.66. The van der Waals surface area contributed by atoms with Crippen LogP contribution in [0.4, 0.5) is 10.8 Å². The molecule has 0 aliphatic heterocycles. The Morgan fingerprint density at radius 2 is 1.91 bits per heavy atom. The fourth-order valence-corrected chi connectivity index (χ4v) is 3.27. The number of aromatic nitrogens is 1. The van der Waals surface area contributed by atoms with Crippen LogP contribution in [0.15, 0.2) is 53.0 Å². The Balaban J connectivity index is 1.87. The number of nitrogens with one attached hydrogen (secondary N) is 1. The van der Waals surface area contributed by atoms with Gasteiger partial charge < -0.3 is 10.1 Å². The number of anilines is 2. The molecule has 0 bridgehead atoms. The molecule has 0 atom stereocenters. The first kappa shape index (κ1) is 15.1. The molecular weight excluding hydrogens is 360 g/mol. The van der Waals surface area contributed by atoms with Crippen LogP contribution in [0.2, 0.25) is 0 Å². The average Bonchev–Trinajstić information content (AvgIpc) is 2.89. The number of halogens is 1. The third-order valence-electron chi connectivity index (χ3n) is 3.24. The second-order valence-electron chi connectivity index (χ2n) is 4.79. The van der Waals surface area contributed by atoms with Crippen molar-refractivity contribution in [1.29, 1.82) is 0 Å². The fourth-order valence-electron chi connectivity index (χ4n) is 2.15. The molecular formula is C17H15BrN2OS. The summed E-state index contributed by atoms with van der Waals surface area (Å²) in [5, 5.41) is 4.22. The smallest absolute Gasteiger partial charge is 0.187 e. The number of hydrogen-bond donors (Lipinski definition) is 1. The zero-order chi connectivity index (χ0) is 15.5. The predicted molar refractivity (Wildman–Crippen MR) is 96.3 cm³/mol. The fraction of sp³-hybridized carbons (Fsp3) is 0.118. The zero-order valence-corrected chi connectivity index (χ0v) is 14.7. The van der Waals surface area contributed by atoms with Gasteiger partial charge in [-0.05, 0) is 31.2 Å². The molecule has 3 nitrogen and oxygen atoms in total. The van der Waals surface area contributed by atoms with E-state index in [0.717, 1.165) is 32.3 Å². The highest BCUT2D eigenvalue weighted by Gasteiger charge is 2.10. The third kappa shape index (κ3) is 3.31. The van der Waals surface area contributed by atoms with Crippen molar-refractivity contribution in [2.45, 2.75) is 6.92 Å². The van der Waals surface area contributed by atoms with E-state index in [0.29, 0.717) is 0 Å². The molecule has 1 N–H and O–H groups in total. The topological polar surface area (TPSA) is 34.1 Å². The number of aryl methyl sites for hydroxylation is 1. The minimum absolute atomic E-state index is 0.825. The third-order valence-corrected chi connectivity index (χ3v) is 4.65. The lowest BCUT2D eigenvalue weighted by atomic mass is 10.1. The molecule has 0 saturated carbocycles. The first-order valence-electron chi connectivity index (χ1n) is 6.80. The van der Waals surface area contributed by atoms with E-state index >= 15 is 0 Å². The van der Waals surface area contributed by atoms with Gasteiger partial charge in [0.05, 0.1) is 12.8 Å². The van der Waals surface area contributed by atoms with E-state index in [4.69, 9.17) is 9.72 Å². The molecule has 0 spiro atoms. The van der Waals surface area contributed by atoms with Gasteiger partial charge in [0.1, 0.15) is 5.75 Å². The second kappa shape index (κ2) is 6.50. The molecule has 0 saturated heterocycles. The van der Waals surface area contributed by atoms with E-state index in [1.165, 1.54) is 4.88 Å². The molecule has 5 heteroatoms. The van der Waals surface area contributed by atoms with Gasteiger partial charge in [-0.25, -0.2) is 4.98 Å². The monoisotopic (exact) mass is 374 g/mol. The number of thiazole rings is 1. The Bertz CT molecular complexity index is 784. The summed E-state index contributed by atoms with van der Waals surface area (Å²) >= 11 is 5.10. The maximum atomic E-state index is 5.24. The minimum atomic E-state index is 0.825. The molecule has 0 amide bonds. The largest absolute Gasteiger partial charge is 0.497 e. The van der Waals surface area contributed by atoms with Crippen LogP contribution in [-0.4, -0.2) is 12.1 Å². The summed E-state index contributed by atoms with van der Waals surface area (Å²) in [4.78, 5) is 5.90. The first-order chi connectivity index (χ1) is 10.7. The predicted octanol–water partition coefficient (Wildman–Crippen LogP) is 5.63. The molecule has 0 unspecified atom stereocenters. The quantitative estimate of drug-likeness (QED) is 0.641. The Morgan fingerprint density at radius 1 is 1.14 bits per heavy atom. The Hall–Kier alpha value is -1.85. The number of hydrogen-bond acceptors (Lipinski definition) is 4. The molecule has 3 aromatic rings. The van der Waals surface area contributed by atoms with Gasteiger partial charge >= 0.3 is 0 Å². The number of methoxy groups -OCH3 is 1. The molecule has 2 aromatic carbocycles. The van der Waals surface area contributed by atoms with E-state index in [2.05, 4.69) is 40.3 Å². The van der Waals surface area contributed by atoms with Crippen LogP contribution in [0.3, 0.4) is 0 Å². The molecule has 112 valence electrons. The van der Waals surface area contributed by atoms with Gasteiger partial charge in [-0.3, -0.25) is 0 Å². The maximum Gasteiger partial charge on any atom is 0.187 e. The van der Waals surface area contributed by atoms with Crippen LogP contribution in [0, 0.1) is 6.92 Å². The van der Waals surface area contributed by atoms with Crippen LogP contribution in [0.25, 0.3) is 11.3 Å². The van der Waals surface area contributed by atoms with E-state index in [9.17, 15) is 0 Å². The van der Waals surface area contributed by atoms with Crippen molar-refractivity contribution in [2.24, 2.45) is 0 Å². The Morgan fingerprint density at radius 3 is 2.64 bits per heavy atom. The number of nitrogens with zero attached hydrogens (tertiary/aromatic N) is 1. The van der Waals surface area contributed by atoms with Gasteiger partial charge in [-0.15, -0.1) is 11.3 Å².